The van der Waals surface area contributed by atoms with Gasteiger partial charge in [0.05, 0.1) is 24.2 Å². The Morgan fingerprint density at radius 2 is 2.27 bits per heavy atom. The topological polar surface area (TPSA) is 97.6 Å². The maximum Gasteiger partial charge on any atom is 0.318 e. The summed E-state index contributed by atoms with van der Waals surface area (Å²) in [4.78, 5) is 27.6. The molecule has 0 saturated carbocycles. The number of nitrogens with zero attached hydrogens (tertiary/aromatic N) is 6. The van der Waals surface area contributed by atoms with Gasteiger partial charge in [0.2, 0.25) is 5.91 Å². The second kappa shape index (κ2) is 9.87. The maximum absolute atomic E-state index is 12.2. The van der Waals surface area contributed by atoms with Gasteiger partial charge >= 0.3 is 6.01 Å². The van der Waals surface area contributed by atoms with E-state index in [4.69, 9.17) is 9.72 Å². The Bertz CT molecular complexity index is 820. The molecule has 0 bridgehead atoms. The van der Waals surface area contributed by atoms with Gasteiger partial charge in [0.15, 0.2) is 0 Å². The van der Waals surface area contributed by atoms with E-state index in [9.17, 15) is 10.1 Å². The van der Waals surface area contributed by atoms with Gasteiger partial charge < -0.3 is 24.8 Å². The predicted octanol–water partition coefficient (Wildman–Crippen LogP) is 0.568. The standard InChI is InChI=1S/C21H31N7O2/c1-5-19(29)28-11-10-27(14-16(28)6-8-22)20-17-7-9-23-12-18(17)24-21(25-20)30-15(2)13-26(3)4/h5,15-16,23H,1,6-7,9-14H2,2-4H3/t15-,16?/m1/s1. The van der Waals surface area contributed by atoms with Crippen LogP contribution in [0.4, 0.5) is 5.82 Å². The molecule has 1 fully saturated rings. The molecule has 162 valence electrons. The van der Waals surface area contributed by atoms with Crippen LogP contribution in [0.25, 0.3) is 0 Å². The quantitative estimate of drug-likeness (QED) is 0.648. The average Bonchev–Trinajstić information content (AvgIpc) is 2.72. The minimum atomic E-state index is -0.196. The fourth-order valence-electron chi connectivity index (χ4n) is 4.10. The molecule has 9 nitrogen and oxygen atoms in total. The number of hydrogen-bond acceptors (Lipinski definition) is 8. The monoisotopic (exact) mass is 413 g/mol. The van der Waals surface area contributed by atoms with Crippen molar-refractivity contribution in [1.82, 2.24) is 25.1 Å². The second-order valence-electron chi connectivity index (χ2n) is 8.07. The molecule has 1 aromatic rings. The van der Waals surface area contributed by atoms with Crippen LogP contribution in [0.5, 0.6) is 6.01 Å². The molecule has 1 unspecified atom stereocenters. The molecule has 9 heteroatoms. The van der Waals surface area contributed by atoms with E-state index in [1.54, 1.807) is 4.90 Å². The molecule has 1 amide bonds. The third-order valence-corrected chi connectivity index (χ3v) is 5.39. The maximum atomic E-state index is 12.2. The molecule has 2 aliphatic rings. The summed E-state index contributed by atoms with van der Waals surface area (Å²) in [6, 6.07) is 2.39. The minimum Gasteiger partial charge on any atom is -0.459 e. The summed E-state index contributed by atoms with van der Waals surface area (Å²) in [6.45, 7) is 9.64. The van der Waals surface area contributed by atoms with Crippen molar-refractivity contribution in [3.05, 3.63) is 23.9 Å². The molecule has 2 aliphatic heterocycles. The first-order valence-corrected chi connectivity index (χ1v) is 10.4. The van der Waals surface area contributed by atoms with Crippen molar-refractivity contribution >= 4 is 11.7 Å². The highest BCUT2D eigenvalue weighted by molar-refractivity contribution is 5.87. The van der Waals surface area contributed by atoms with E-state index < -0.39 is 0 Å². The minimum absolute atomic E-state index is 0.0455. The van der Waals surface area contributed by atoms with Crippen molar-refractivity contribution in [2.45, 2.75) is 38.5 Å². The number of ether oxygens (including phenoxy) is 1. The highest BCUT2D eigenvalue weighted by atomic mass is 16.5. The molecule has 2 atom stereocenters. The van der Waals surface area contributed by atoms with Gasteiger partial charge in [-0.05, 0) is 40.1 Å². The van der Waals surface area contributed by atoms with Crippen LogP contribution in [-0.4, -0.2) is 84.6 Å². The Labute approximate surface area is 178 Å². The Hall–Kier alpha value is -2.70. The number of piperazine rings is 1. The summed E-state index contributed by atoms with van der Waals surface area (Å²) in [5, 5.41) is 12.6. The molecular formula is C21H31N7O2. The second-order valence-corrected chi connectivity index (χ2v) is 8.07. The number of nitrogens with one attached hydrogen (secondary N) is 1. The zero-order chi connectivity index (χ0) is 21.7. The number of amides is 1. The van der Waals surface area contributed by atoms with E-state index in [-0.39, 0.29) is 24.5 Å². The first-order chi connectivity index (χ1) is 14.4. The zero-order valence-electron chi connectivity index (χ0n) is 18.1. The molecule has 0 radical (unpaired) electrons. The SMILES string of the molecule is C=CC(=O)N1CCN(c2nc(O[C@H](C)CN(C)C)nc3c2CCNC3)CC1CC#N. The van der Waals surface area contributed by atoms with Gasteiger partial charge in [-0.3, -0.25) is 4.79 Å². The zero-order valence-corrected chi connectivity index (χ0v) is 18.1. The van der Waals surface area contributed by atoms with Gasteiger partial charge in [-0.15, -0.1) is 0 Å². The lowest BCUT2D eigenvalue weighted by Crippen LogP contribution is -2.55. The number of carbonyl (C=O) groups excluding carboxylic acids is 1. The van der Waals surface area contributed by atoms with Crippen molar-refractivity contribution in [2.75, 3.05) is 51.7 Å². The number of anilines is 1. The summed E-state index contributed by atoms with van der Waals surface area (Å²) in [6.07, 6.45) is 2.38. The lowest BCUT2D eigenvalue weighted by atomic mass is 10.0. The predicted molar refractivity (Wildman–Crippen MR) is 114 cm³/mol. The van der Waals surface area contributed by atoms with Gasteiger partial charge in [0, 0.05) is 38.3 Å². The van der Waals surface area contributed by atoms with E-state index in [0.717, 1.165) is 36.6 Å². The molecule has 0 aromatic carbocycles. The van der Waals surface area contributed by atoms with Crippen molar-refractivity contribution in [1.29, 1.82) is 5.26 Å². The van der Waals surface area contributed by atoms with E-state index in [1.165, 1.54) is 6.08 Å². The van der Waals surface area contributed by atoms with Gasteiger partial charge in [0.1, 0.15) is 11.9 Å². The number of aromatic nitrogens is 2. The Kier molecular flexibility index (Phi) is 7.24. The summed E-state index contributed by atoms with van der Waals surface area (Å²) >= 11 is 0. The fraction of sp³-hybridized carbons (Fsp3) is 0.619. The van der Waals surface area contributed by atoms with Gasteiger partial charge in [-0.25, -0.2) is 0 Å². The number of hydrogen-bond donors (Lipinski definition) is 1. The molecular weight excluding hydrogens is 382 g/mol. The van der Waals surface area contributed by atoms with Gasteiger partial charge in [-0.2, -0.15) is 15.2 Å². The summed E-state index contributed by atoms with van der Waals surface area (Å²) < 4.78 is 6.03. The van der Waals surface area contributed by atoms with Crippen LogP contribution >= 0.6 is 0 Å². The highest BCUT2D eigenvalue weighted by Crippen LogP contribution is 2.29. The Morgan fingerprint density at radius 3 is 2.97 bits per heavy atom. The lowest BCUT2D eigenvalue weighted by molar-refractivity contribution is -0.128. The van der Waals surface area contributed by atoms with Crippen molar-refractivity contribution < 1.29 is 9.53 Å². The van der Waals surface area contributed by atoms with E-state index in [2.05, 4.69) is 32.7 Å². The Morgan fingerprint density at radius 1 is 1.47 bits per heavy atom. The normalized spacial score (nSPS) is 19.8. The van der Waals surface area contributed by atoms with Crippen LogP contribution in [0, 0.1) is 11.3 Å². The Balaban J connectivity index is 1.88. The van der Waals surface area contributed by atoms with Crippen molar-refractivity contribution in [2.24, 2.45) is 0 Å². The van der Waals surface area contributed by atoms with Crippen molar-refractivity contribution in [3.8, 4) is 12.1 Å². The number of nitriles is 1. The van der Waals surface area contributed by atoms with Crippen molar-refractivity contribution in [3.63, 3.8) is 0 Å². The number of rotatable bonds is 7. The molecule has 0 aliphatic carbocycles. The molecule has 1 saturated heterocycles. The number of likely N-dealkylation sites (N-methyl/N-ethyl adjacent to an activating group) is 1. The van der Waals surface area contributed by atoms with Crippen LogP contribution in [-0.2, 0) is 17.8 Å². The average molecular weight is 414 g/mol. The van der Waals surface area contributed by atoms with Crippen LogP contribution in [0.15, 0.2) is 12.7 Å². The van der Waals surface area contributed by atoms with E-state index in [0.29, 0.717) is 32.2 Å². The summed E-state index contributed by atoms with van der Waals surface area (Å²) in [7, 11) is 4.00. The molecule has 1 aromatic heterocycles. The first kappa shape index (κ1) is 22.0. The number of carbonyl (C=O) groups is 1. The van der Waals surface area contributed by atoms with Crippen LogP contribution in [0.2, 0.25) is 0 Å². The third kappa shape index (κ3) is 5.07. The van der Waals surface area contributed by atoms with E-state index >= 15 is 0 Å². The molecule has 30 heavy (non-hydrogen) atoms. The van der Waals surface area contributed by atoms with Gasteiger partial charge in [-0.1, -0.05) is 6.58 Å². The smallest absolute Gasteiger partial charge is 0.318 e. The number of fused-ring (bicyclic) bond motifs is 1. The van der Waals surface area contributed by atoms with Gasteiger partial charge in [0.25, 0.3) is 0 Å². The summed E-state index contributed by atoms with van der Waals surface area (Å²) in [5.74, 6) is 0.729. The lowest BCUT2D eigenvalue weighted by Gasteiger charge is -2.41. The van der Waals surface area contributed by atoms with Crippen LogP contribution < -0.4 is 15.0 Å². The molecule has 1 N–H and O–H groups in total. The largest absolute Gasteiger partial charge is 0.459 e. The third-order valence-electron chi connectivity index (χ3n) is 5.39. The molecule has 3 heterocycles. The van der Waals surface area contributed by atoms with Crippen LogP contribution in [0.3, 0.4) is 0 Å². The highest BCUT2D eigenvalue weighted by Gasteiger charge is 2.32. The van der Waals surface area contributed by atoms with E-state index in [1.807, 2.05) is 21.0 Å². The van der Waals surface area contributed by atoms with Crippen LogP contribution in [0.1, 0.15) is 24.6 Å². The fourth-order valence-corrected chi connectivity index (χ4v) is 4.10. The first-order valence-electron chi connectivity index (χ1n) is 10.4. The molecule has 3 rings (SSSR count). The molecule has 0 spiro atoms. The summed E-state index contributed by atoms with van der Waals surface area (Å²) in [5.41, 5.74) is 2.08.